The lowest BCUT2D eigenvalue weighted by molar-refractivity contribution is -0.136. The second-order valence-corrected chi connectivity index (χ2v) is 5.86. The number of carboxylic acids is 1. The molecule has 0 amide bonds. The summed E-state index contributed by atoms with van der Waals surface area (Å²) in [4.78, 5) is 10.8. The first-order valence-electron chi connectivity index (χ1n) is 6.44. The number of carbonyl (C=O) groups is 1. The monoisotopic (exact) mass is 273 g/mol. The Morgan fingerprint density at radius 2 is 2.05 bits per heavy atom. The molecule has 0 saturated carbocycles. The fraction of sp³-hybridized carbons (Fsp3) is 0.333. The van der Waals surface area contributed by atoms with Crippen molar-refractivity contribution in [3.8, 4) is 5.69 Å². The first-order chi connectivity index (χ1) is 9.27. The largest absolute Gasteiger partial charge is 0.481 e. The quantitative estimate of drug-likeness (QED) is 0.899. The molecule has 1 aromatic heterocycles. The fourth-order valence-electron chi connectivity index (χ4n) is 1.94. The molecule has 0 aliphatic rings. The van der Waals surface area contributed by atoms with Crippen molar-refractivity contribution in [2.45, 2.75) is 32.6 Å². The maximum absolute atomic E-state index is 10.8. The first-order valence-corrected chi connectivity index (χ1v) is 6.44. The second-order valence-electron chi connectivity index (χ2n) is 5.86. The zero-order valence-corrected chi connectivity index (χ0v) is 11.9. The van der Waals surface area contributed by atoms with Gasteiger partial charge in [0.2, 0.25) is 0 Å². The van der Waals surface area contributed by atoms with Crippen LogP contribution in [0.5, 0.6) is 0 Å². The summed E-state index contributed by atoms with van der Waals surface area (Å²) in [6.45, 7) is 6.21. The molecule has 5 nitrogen and oxygen atoms in total. The molecule has 2 aromatic rings. The predicted octanol–water partition coefficient (Wildman–Crippen LogP) is 2.38. The molecule has 5 heteroatoms. The minimum Gasteiger partial charge on any atom is -0.481 e. The van der Waals surface area contributed by atoms with E-state index < -0.39 is 5.97 Å². The minimum absolute atomic E-state index is 0.0128. The van der Waals surface area contributed by atoms with E-state index in [9.17, 15) is 4.79 Å². The number of benzene rings is 1. The van der Waals surface area contributed by atoms with Crippen LogP contribution in [0.3, 0.4) is 0 Å². The lowest BCUT2D eigenvalue weighted by atomic mass is 9.92. The molecular weight excluding hydrogens is 254 g/mol. The average molecular weight is 273 g/mol. The fourth-order valence-corrected chi connectivity index (χ4v) is 1.94. The van der Waals surface area contributed by atoms with E-state index in [0.717, 1.165) is 16.9 Å². The number of nitrogens with zero attached hydrogens (tertiary/aromatic N) is 2. The van der Waals surface area contributed by atoms with Crippen molar-refractivity contribution in [2.24, 2.45) is 0 Å². The average Bonchev–Trinajstić information content (AvgIpc) is 2.70. The van der Waals surface area contributed by atoms with Gasteiger partial charge < -0.3 is 10.8 Å². The van der Waals surface area contributed by atoms with Gasteiger partial charge in [-0.25, -0.2) is 4.68 Å². The number of aliphatic carboxylic acids is 1. The van der Waals surface area contributed by atoms with Crippen LogP contribution in [0.4, 0.5) is 5.82 Å². The van der Waals surface area contributed by atoms with Gasteiger partial charge in [0.25, 0.3) is 0 Å². The number of rotatable bonds is 3. The molecule has 0 aliphatic carbocycles. The molecule has 0 spiro atoms. The maximum atomic E-state index is 10.8. The van der Waals surface area contributed by atoms with Crippen LogP contribution in [0.1, 0.15) is 32.0 Å². The zero-order chi connectivity index (χ0) is 14.9. The van der Waals surface area contributed by atoms with Crippen molar-refractivity contribution >= 4 is 11.8 Å². The molecule has 0 bridgehead atoms. The van der Waals surface area contributed by atoms with Crippen LogP contribution in [0.2, 0.25) is 0 Å². The van der Waals surface area contributed by atoms with Crippen LogP contribution >= 0.6 is 0 Å². The van der Waals surface area contributed by atoms with Crippen molar-refractivity contribution in [1.82, 2.24) is 9.78 Å². The van der Waals surface area contributed by atoms with Crippen LogP contribution in [0.25, 0.3) is 5.69 Å². The van der Waals surface area contributed by atoms with E-state index in [1.54, 1.807) is 16.8 Å². The van der Waals surface area contributed by atoms with Crippen LogP contribution in [-0.4, -0.2) is 20.9 Å². The van der Waals surface area contributed by atoms with Crippen LogP contribution in [0, 0.1) is 0 Å². The van der Waals surface area contributed by atoms with Gasteiger partial charge in [0.1, 0.15) is 5.82 Å². The number of anilines is 1. The number of hydrogen-bond donors (Lipinski definition) is 2. The predicted molar refractivity (Wildman–Crippen MR) is 78.0 cm³/mol. The van der Waals surface area contributed by atoms with E-state index in [1.807, 2.05) is 18.2 Å². The van der Waals surface area contributed by atoms with Crippen LogP contribution in [0.15, 0.2) is 30.3 Å². The molecule has 0 saturated heterocycles. The van der Waals surface area contributed by atoms with Crippen molar-refractivity contribution in [3.05, 3.63) is 41.6 Å². The van der Waals surface area contributed by atoms with Gasteiger partial charge in [0.15, 0.2) is 0 Å². The van der Waals surface area contributed by atoms with E-state index in [0.29, 0.717) is 5.82 Å². The highest BCUT2D eigenvalue weighted by atomic mass is 16.4. The van der Waals surface area contributed by atoms with Gasteiger partial charge in [-0.15, -0.1) is 0 Å². The van der Waals surface area contributed by atoms with E-state index in [4.69, 9.17) is 10.8 Å². The number of aromatic nitrogens is 2. The van der Waals surface area contributed by atoms with E-state index >= 15 is 0 Å². The normalized spacial score (nSPS) is 11.6. The smallest absolute Gasteiger partial charge is 0.307 e. The van der Waals surface area contributed by atoms with E-state index in [-0.39, 0.29) is 11.8 Å². The zero-order valence-electron chi connectivity index (χ0n) is 11.9. The van der Waals surface area contributed by atoms with Crippen molar-refractivity contribution < 1.29 is 9.90 Å². The SMILES string of the molecule is CC(C)(C)c1cc(N)n(-c2cccc(CC(=O)O)c2)n1. The van der Waals surface area contributed by atoms with Gasteiger partial charge in [-0.05, 0) is 17.7 Å². The molecule has 0 fully saturated rings. The number of carboxylic acid groups (broad SMARTS) is 1. The highest BCUT2D eigenvalue weighted by Crippen LogP contribution is 2.24. The van der Waals surface area contributed by atoms with Gasteiger partial charge in [-0.3, -0.25) is 4.79 Å². The number of nitrogen functional groups attached to an aromatic ring is 1. The molecule has 106 valence electrons. The summed E-state index contributed by atoms with van der Waals surface area (Å²) in [7, 11) is 0. The van der Waals surface area contributed by atoms with Crippen LogP contribution in [-0.2, 0) is 16.6 Å². The highest BCUT2D eigenvalue weighted by molar-refractivity contribution is 5.70. The van der Waals surface area contributed by atoms with E-state index in [1.165, 1.54) is 0 Å². The molecule has 0 radical (unpaired) electrons. The maximum Gasteiger partial charge on any atom is 0.307 e. The number of nitrogens with two attached hydrogens (primary N) is 1. The summed E-state index contributed by atoms with van der Waals surface area (Å²) in [5.74, 6) is -0.312. The minimum atomic E-state index is -0.856. The first kappa shape index (κ1) is 14.1. The molecule has 0 aliphatic heterocycles. The van der Waals surface area contributed by atoms with Crippen molar-refractivity contribution in [3.63, 3.8) is 0 Å². The third-order valence-corrected chi connectivity index (χ3v) is 3.02. The summed E-state index contributed by atoms with van der Waals surface area (Å²) in [5.41, 5.74) is 8.32. The van der Waals surface area contributed by atoms with Gasteiger partial charge in [-0.1, -0.05) is 32.9 Å². The van der Waals surface area contributed by atoms with Gasteiger partial charge >= 0.3 is 5.97 Å². The summed E-state index contributed by atoms with van der Waals surface area (Å²) >= 11 is 0. The lowest BCUT2D eigenvalue weighted by Gasteiger charge is -2.14. The third kappa shape index (κ3) is 2.99. The molecule has 0 unspecified atom stereocenters. The molecular formula is C15H19N3O2. The number of hydrogen-bond acceptors (Lipinski definition) is 3. The Balaban J connectivity index is 2.41. The topological polar surface area (TPSA) is 81.1 Å². The molecule has 3 N–H and O–H groups in total. The third-order valence-electron chi connectivity index (χ3n) is 3.02. The summed E-state index contributed by atoms with van der Waals surface area (Å²) in [5, 5.41) is 13.4. The summed E-state index contributed by atoms with van der Waals surface area (Å²) in [6.07, 6.45) is -0.0128. The Morgan fingerprint density at radius 1 is 1.35 bits per heavy atom. The second kappa shape index (κ2) is 5.00. The van der Waals surface area contributed by atoms with Crippen molar-refractivity contribution in [1.29, 1.82) is 0 Å². The lowest BCUT2D eigenvalue weighted by Crippen LogP contribution is -2.12. The Kier molecular flexibility index (Phi) is 3.53. The summed E-state index contributed by atoms with van der Waals surface area (Å²) < 4.78 is 1.64. The van der Waals surface area contributed by atoms with E-state index in [2.05, 4.69) is 25.9 Å². The molecule has 1 heterocycles. The molecule has 0 atom stereocenters. The highest BCUT2D eigenvalue weighted by Gasteiger charge is 2.19. The molecule has 20 heavy (non-hydrogen) atoms. The molecule has 1 aromatic carbocycles. The Morgan fingerprint density at radius 3 is 2.60 bits per heavy atom. The van der Waals surface area contributed by atoms with Gasteiger partial charge in [0, 0.05) is 11.5 Å². The molecule has 2 rings (SSSR count). The van der Waals surface area contributed by atoms with Crippen molar-refractivity contribution in [2.75, 3.05) is 5.73 Å². The Bertz CT molecular complexity index is 639. The van der Waals surface area contributed by atoms with Crippen LogP contribution < -0.4 is 5.73 Å². The summed E-state index contributed by atoms with van der Waals surface area (Å²) in [6, 6.07) is 9.10. The Hall–Kier alpha value is -2.30. The van der Waals surface area contributed by atoms with Gasteiger partial charge in [0.05, 0.1) is 17.8 Å². The standard InChI is InChI=1S/C15H19N3O2/c1-15(2,3)12-9-13(16)18(17-12)11-6-4-5-10(7-11)8-14(19)20/h4-7,9H,8,16H2,1-3H3,(H,19,20). The van der Waals surface area contributed by atoms with Gasteiger partial charge in [-0.2, -0.15) is 5.10 Å². The Labute approximate surface area is 118 Å².